The van der Waals surface area contributed by atoms with Crippen molar-refractivity contribution in [3.05, 3.63) is 0 Å². The maximum Gasteiger partial charge on any atom is 0.187 e. The molecule has 298 valence electrons. The minimum atomic E-state index is -1.71. The Balaban J connectivity index is 0.892. The number of hydrogen-bond donors (Lipinski definition) is 8. The fraction of sp³-hybridized carbons (Fsp3) is 1.00. The Morgan fingerprint density at radius 3 is 2.10 bits per heavy atom. The summed E-state index contributed by atoms with van der Waals surface area (Å²) in [5, 5.41) is 76.7. The van der Waals surface area contributed by atoms with Gasteiger partial charge in [0, 0.05) is 12.5 Å². The summed E-state index contributed by atoms with van der Waals surface area (Å²) in [4.78, 5) is 0. The van der Waals surface area contributed by atoms with Crippen molar-refractivity contribution in [2.45, 2.75) is 171 Å². The molecule has 22 unspecified atom stereocenters. The topological polar surface area (TPSA) is 200 Å². The van der Waals surface area contributed by atoms with E-state index in [4.69, 9.17) is 23.7 Å². The number of aliphatic hydroxyl groups excluding tert-OH is 7. The summed E-state index contributed by atoms with van der Waals surface area (Å²) in [6.07, 6.45) is -3.24. The first-order valence-corrected chi connectivity index (χ1v) is 20.4. The summed E-state index contributed by atoms with van der Waals surface area (Å²) in [5.74, 6) is 4.38. The van der Waals surface area contributed by atoms with Crippen molar-refractivity contribution in [1.82, 2.24) is 5.32 Å². The summed E-state index contributed by atoms with van der Waals surface area (Å²) < 4.78 is 30.6. The third kappa shape index (κ3) is 5.98. The molecule has 1 spiro atoms. The van der Waals surface area contributed by atoms with Crippen LogP contribution in [0, 0.1) is 52.3 Å². The van der Waals surface area contributed by atoms with E-state index in [9.17, 15) is 35.7 Å². The van der Waals surface area contributed by atoms with E-state index in [1.165, 1.54) is 32.1 Å². The van der Waals surface area contributed by atoms with Crippen LogP contribution in [0.5, 0.6) is 0 Å². The van der Waals surface area contributed by atoms with Crippen molar-refractivity contribution in [3.8, 4) is 0 Å². The molecule has 0 amide bonds. The Labute approximate surface area is 307 Å². The molecule has 4 saturated carbocycles. The molecule has 13 heteroatoms. The van der Waals surface area contributed by atoms with Crippen LogP contribution in [-0.4, -0.2) is 135 Å². The Hall–Kier alpha value is -0.520. The third-order valence-corrected chi connectivity index (χ3v) is 16.4. The van der Waals surface area contributed by atoms with E-state index in [1.807, 2.05) is 0 Å². The van der Waals surface area contributed by atoms with Crippen LogP contribution in [-0.2, 0) is 23.7 Å². The summed E-state index contributed by atoms with van der Waals surface area (Å²) in [6.45, 7) is 9.74. The molecule has 8 fully saturated rings. The molecular weight excluding hydrogens is 674 g/mol. The maximum atomic E-state index is 11.2. The first kappa shape index (κ1) is 38.4. The van der Waals surface area contributed by atoms with Crippen molar-refractivity contribution < 1.29 is 59.4 Å². The van der Waals surface area contributed by atoms with E-state index in [-0.39, 0.29) is 17.2 Å². The lowest BCUT2D eigenvalue weighted by molar-refractivity contribution is -0.364. The molecule has 0 radical (unpaired) electrons. The highest BCUT2D eigenvalue weighted by Crippen LogP contribution is 2.71. The van der Waals surface area contributed by atoms with Gasteiger partial charge < -0.3 is 59.4 Å². The quantitative estimate of drug-likeness (QED) is 0.180. The van der Waals surface area contributed by atoms with E-state index < -0.39 is 74.6 Å². The van der Waals surface area contributed by atoms with Crippen LogP contribution in [0.25, 0.3) is 0 Å². The van der Waals surface area contributed by atoms with Gasteiger partial charge in [-0.25, -0.2) is 0 Å². The number of nitrogens with one attached hydrogen (secondary N) is 1. The number of rotatable bonds is 6. The van der Waals surface area contributed by atoms with E-state index in [0.717, 1.165) is 38.6 Å². The van der Waals surface area contributed by atoms with Gasteiger partial charge >= 0.3 is 0 Å². The number of ether oxygens (including phenoxy) is 5. The summed E-state index contributed by atoms with van der Waals surface area (Å²) >= 11 is 0. The van der Waals surface area contributed by atoms with Gasteiger partial charge in [-0.3, -0.25) is 5.32 Å². The fourth-order valence-electron chi connectivity index (χ4n) is 13.4. The van der Waals surface area contributed by atoms with Crippen molar-refractivity contribution in [2.24, 2.45) is 52.3 Å². The molecule has 8 rings (SSSR count). The molecule has 4 aliphatic carbocycles. The van der Waals surface area contributed by atoms with E-state index >= 15 is 0 Å². The Kier molecular flexibility index (Phi) is 10.4. The van der Waals surface area contributed by atoms with Crippen LogP contribution in [0.1, 0.15) is 91.9 Å². The van der Waals surface area contributed by atoms with Gasteiger partial charge in [-0.1, -0.05) is 27.7 Å². The second kappa shape index (κ2) is 14.1. The zero-order valence-corrected chi connectivity index (χ0v) is 31.3. The van der Waals surface area contributed by atoms with E-state index in [0.29, 0.717) is 52.9 Å². The monoisotopic (exact) mass is 739 g/mol. The second-order valence-electron chi connectivity index (χ2n) is 18.9. The zero-order chi connectivity index (χ0) is 36.9. The van der Waals surface area contributed by atoms with E-state index in [2.05, 4.69) is 33.0 Å². The number of piperidine rings is 1. The average molecular weight is 740 g/mol. The standard InChI is InChI=1S/C39H65NO12/c1-18-7-12-39(40-15-18)19(2)28-25(52-39)14-24-22-6-5-20-13-21(8-10-37(20,3)23(22)9-11-38(24,28)4)48-35-33(47)31(45)34(27(17-42)50-35)51-36-32(46)30(44)29(43)26(16-41)49-36/h18-36,40-47H,5-17H2,1-4H3. The van der Waals surface area contributed by atoms with Crippen LogP contribution in [0.15, 0.2) is 0 Å². The Morgan fingerprint density at radius 2 is 1.38 bits per heavy atom. The highest BCUT2D eigenvalue weighted by Gasteiger charge is 2.68. The van der Waals surface area contributed by atoms with Gasteiger partial charge in [-0.05, 0) is 111 Å². The zero-order valence-electron chi connectivity index (χ0n) is 31.3. The minimum absolute atomic E-state index is 0.143. The lowest BCUT2D eigenvalue weighted by Crippen LogP contribution is -2.65. The van der Waals surface area contributed by atoms with Gasteiger partial charge in [0.1, 0.15) is 54.6 Å². The fourth-order valence-corrected chi connectivity index (χ4v) is 13.4. The van der Waals surface area contributed by atoms with Crippen molar-refractivity contribution in [3.63, 3.8) is 0 Å². The van der Waals surface area contributed by atoms with Gasteiger partial charge in [0.25, 0.3) is 0 Å². The highest BCUT2D eigenvalue weighted by molar-refractivity contribution is 5.16. The molecule has 22 atom stereocenters. The highest BCUT2D eigenvalue weighted by atomic mass is 16.7. The van der Waals surface area contributed by atoms with Gasteiger partial charge in [-0.15, -0.1) is 0 Å². The first-order valence-electron chi connectivity index (χ1n) is 20.4. The number of hydrogen-bond acceptors (Lipinski definition) is 13. The molecule has 4 aliphatic heterocycles. The second-order valence-corrected chi connectivity index (χ2v) is 18.9. The van der Waals surface area contributed by atoms with Crippen LogP contribution in [0.4, 0.5) is 0 Å². The largest absolute Gasteiger partial charge is 0.394 e. The molecule has 13 nitrogen and oxygen atoms in total. The Morgan fingerprint density at radius 1 is 0.692 bits per heavy atom. The predicted octanol–water partition coefficient (Wildman–Crippen LogP) is 1.02. The van der Waals surface area contributed by atoms with Crippen molar-refractivity contribution in [2.75, 3.05) is 19.8 Å². The molecule has 8 N–H and O–H groups in total. The number of aliphatic hydroxyl groups is 7. The first-order chi connectivity index (χ1) is 24.7. The lowest BCUT2D eigenvalue weighted by Gasteiger charge is -2.61. The minimum Gasteiger partial charge on any atom is -0.394 e. The lowest BCUT2D eigenvalue weighted by atomic mass is 9.44. The third-order valence-electron chi connectivity index (χ3n) is 16.4. The molecule has 0 aromatic carbocycles. The van der Waals surface area contributed by atoms with E-state index in [1.54, 1.807) is 0 Å². The van der Waals surface area contributed by atoms with Crippen LogP contribution in [0.2, 0.25) is 0 Å². The van der Waals surface area contributed by atoms with Gasteiger partial charge in [-0.2, -0.15) is 0 Å². The smallest absolute Gasteiger partial charge is 0.187 e. The SMILES string of the molecule is CC1CCC2(NC1)OC1CC3C4CCC5CC(OC6OC(CO)C(OC7OC(CO)C(O)C(O)C7O)C(O)C6O)CCC5(C)C4CCC3(C)C1C2C. The molecule has 0 bridgehead atoms. The van der Waals surface area contributed by atoms with Crippen LogP contribution >= 0.6 is 0 Å². The molecule has 0 aromatic rings. The number of fused-ring (bicyclic) bond motifs is 7. The van der Waals surface area contributed by atoms with Gasteiger partial charge in [0.05, 0.1) is 25.4 Å². The normalized spacial score (nSPS) is 59.0. The molecule has 4 heterocycles. The predicted molar refractivity (Wildman–Crippen MR) is 185 cm³/mol. The summed E-state index contributed by atoms with van der Waals surface area (Å²) in [7, 11) is 0. The van der Waals surface area contributed by atoms with Crippen molar-refractivity contribution in [1.29, 1.82) is 0 Å². The average Bonchev–Trinajstić information content (AvgIpc) is 3.58. The van der Waals surface area contributed by atoms with Crippen LogP contribution in [0.3, 0.4) is 0 Å². The molecule has 0 aromatic heterocycles. The van der Waals surface area contributed by atoms with Crippen molar-refractivity contribution >= 4 is 0 Å². The molecule has 8 aliphatic rings. The molecule has 4 saturated heterocycles. The summed E-state index contributed by atoms with van der Waals surface area (Å²) in [6, 6.07) is 0. The molecule has 52 heavy (non-hydrogen) atoms. The molecular formula is C39H65NO12. The van der Waals surface area contributed by atoms with Gasteiger partial charge in [0.2, 0.25) is 0 Å². The maximum absolute atomic E-state index is 11.2. The Bertz CT molecular complexity index is 1270. The van der Waals surface area contributed by atoms with Crippen LogP contribution < -0.4 is 5.32 Å². The van der Waals surface area contributed by atoms with Gasteiger partial charge in [0.15, 0.2) is 12.6 Å². The summed E-state index contributed by atoms with van der Waals surface area (Å²) in [5.41, 5.74) is 0.377.